The summed E-state index contributed by atoms with van der Waals surface area (Å²) >= 11 is 0. The third kappa shape index (κ3) is 2.62. The number of hydrogen-bond acceptors (Lipinski definition) is 3. The van der Waals surface area contributed by atoms with Gasteiger partial charge in [-0.15, -0.1) is 0 Å². The fraction of sp³-hybridized carbons (Fsp3) is 0.647. The van der Waals surface area contributed by atoms with Crippen LogP contribution in [0.5, 0.6) is 0 Å². The minimum absolute atomic E-state index is 0.0573. The van der Waals surface area contributed by atoms with Crippen LogP contribution in [-0.4, -0.2) is 25.4 Å². The summed E-state index contributed by atoms with van der Waals surface area (Å²) in [6, 6.07) is 6.68. The molecule has 2 heterocycles. The Balaban J connectivity index is 1.79. The van der Waals surface area contributed by atoms with Crippen molar-refractivity contribution in [1.29, 1.82) is 0 Å². The van der Waals surface area contributed by atoms with Crippen LogP contribution in [0.15, 0.2) is 18.2 Å². The Morgan fingerprint density at radius 3 is 2.90 bits per heavy atom. The minimum atomic E-state index is -0.0573. The highest BCUT2D eigenvalue weighted by Crippen LogP contribution is 2.40. The summed E-state index contributed by atoms with van der Waals surface area (Å²) in [5.41, 5.74) is 10.4. The van der Waals surface area contributed by atoms with E-state index < -0.39 is 0 Å². The summed E-state index contributed by atoms with van der Waals surface area (Å²) in [7, 11) is 0. The van der Waals surface area contributed by atoms with Gasteiger partial charge in [-0.1, -0.05) is 23.8 Å². The van der Waals surface area contributed by atoms with Crippen molar-refractivity contribution in [3.63, 3.8) is 0 Å². The quantitative estimate of drug-likeness (QED) is 0.902. The molecule has 110 valence electrons. The fourth-order valence-corrected chi connectivity index (χ4v) is 3.61. The predicted octanol–water partition coefficient (Wildman–Crippen LogP) is 2.89. The lowest BCUT2D eigenvalue weighted by Gasteiger charge is -2.39. The van der Waals surface area contributed by atoms with Crippen LogP contribution in [0.3, 0.4) is 0 Å². The molecular formula is C17H25NO2. The Morgan fingerprint density at radius 1 is 1.30 bits per heavy atom. The van der Waals surface area contributed by atoms with Crippen molar-refractivity contribution in [2.45, 2.75) is 44.8 Å². The van der Waals surface area contributed by atoms with E-state index >= 15 is 0 Å². The maximum Gasteiger partial charge on any atom is 0.0940 e. The van der Waals surface area contributed by atoms with Gasteiger partial charge in [-0.2, -0.15) is 0 Å². The normalized spacial score (nSPS) is 31.6. The second-order valence-corrected chi connectivity index (χ2v) is 6.47. The molecule has 0 saturated carbocycles. The zero-order chi connectivity index (χ0) is 14.2. The largest absolute Gasteiger partial charge is 0.378 e. The molecule has 0 radical (unpaired) electrons. The van der Waals surface area contributed by atoms with Gasteiger partial charge in [0, 0.05) is 25.7 Å². The number of nitrogens with two attached hydrogens (primary N) is 1. The number of hydrogen-bond donors (Lipinski definition) is 1. The number of ether oxygens (including phenoxy) is 2. The Labute approximate surface area is 121 Å². The Hall–Kier alpha value is -0.900. The Bertz CT molecular complexity index is 480. The maximum absolute atomic E-state index is 6.59. The van der Waals surface area contributed by atoms with Crippen LogP contribution in [0.2, 0.25) is 0 Å². The van der Waals surface area contributed by atoms with E-state index in [9.17, 15) is 0 Å². The SMILES string of the molecule is Cc1ccc(C)c(C(N)C2CCOC3(CCOC3)C2)c1. The molecule has 0 amide bonds. The van der Waals surface area contributed by atoms with Crippen molar-refractivity contribution in [3.8, 4) is 0 Å². The highest BCUT2D eigenvalue weighted by Gasteiger charge is 2.42. The van der Waals surface area contributed by atoms with Crippen LogP contribution in [0.25, 0.3) is 0 Å². The lowest BCUT2D eigenvalue weighted by Crippen LogP contribution is -2.43. The first-order valence-corrected chi connectivity index (χ1v) is 7.64. The van der Waals surface area contributed by atoms with Crippen molar-refractivity contribution < 1.29 is 9.47 Å². The number of rotatable bonds is 2. The van der Waals surface area contributed by atoms with Gasteiger partial charge in [-0.25, -0.2) is 0 Å². The fourth-order valence-electron chi connectivity index (χ4n) is 3.61. The van der Waals surface area contributed by atoms with Crippen molar-refractivity contribution in [3.05, 3.63) is 34.9 Å². The molecule has 1 aromatic rings. The van der Waals surface area contributed by atoms with Gasteiger partial charge in [0.2, 0.25) is 0 Å². The van der Waals surface area contributed by atoms with E-state index in [2.05, 4.69) is 32.0 Å². The van der Waals surface area contributed by atoms with Gasteiger partial charge >= 0.3 is 0 Å². The molecule has 1 aromatic carbocycles. The summed E-state index contributed by atoms with van der Waals surface area (Å²) in [6.45, 7) is 6.66. The van der Waals surface area contributed by atoms with Crippen molar-refractivity contribution in [2.24, 2.45) is 11.7 Å². The first-order valence-electron chi connectivity index (χ1n) is 7.64. The van der Waals surface area contributed by atoms with E-state index in [-0.39, 0.29) is 11.6 Å². The van der Waals surface area contributed by atoms with E-state index in [1.807, 2.05) is 0 Å². The molecule has 3 nitrogen and oxygen atoms in total. The third-order valence-electron chi connectivity index (χ3n) is 4.90. The molecule has 3 atom stereocenters. The molecule has 2 aliphatic rings. The molecule has 0 bridgehead atoms. The van der Waals surface area contributed by atoms with E-state index in [1.165, 1.54) is 16.7 Å². The molecule has 3 heteroatoms. The molecule has 20 heavy (non-hydrogen) atoms. The van der Waals surface area contributed by atoms with Gasteiger partial charge < -0.3 is 15.2 Å². The van der Waals surface area contributed by atoms with E-state index in [0.29, 0.717) is 5.92 Å². The van der Waals surface area contributed by atoms with E-state index in [0.717, 1.165) is 39.1 Å². The monoisotopic (exact) mass is 275 g/mol. The zero-order valence-electron chi connectivity index (χ0n) is 12.5. The molecule has 2 N–H and O–H groups in total. The summed E-state index contributed by atoms with van der Waals surface area (Å²) in [4.78, 5) is 0. The second-order valence-electron chi connectivity index (χ2n) is 6.47. The highest BCUT2D eigenvalue weighted by atomic mass is 16.6. The standard InChI is InChI=1S/C17H25NO2/c1-12-3-4-13(2)15(9-12)16(18)14-5-7-20-17(10-14)6-8-19-11-17/h3-4,9,14,16H,5-8,10-11,18H2,1-2H3. The Kier molecular flexibility index (Phi) is 3.85. The lowest BCUT2D eigenvalue weighted by molar-refractivity contribution is -0.101. The smallest absolute Gasteiger partial charge is 0.0940 e. The molecule has 2 aliphatic heterocycles. The van der Waals surface area contributed by atoms with Crippen LogP contribution in [-0.2, 0) is 9.47 Å². The molecular weight excluding hydrogens is 250 g/mol. The average molecular weight is 275 g/mol. The number of benzene rings is 1. The van der Waals surface area contributed by atoms with Gasteiger partial charge in [0.25, 0.3) is 0 Å². The van der Waals surface area contributed by atoms with Crippen LogP contribution < -0.4 is 5.73 Å². The van der Waals surface area contributed by atoms with Gasteiger partial charge in [0.15, 0.2) is 0 Å². The van der Waals surface area contributed by atoms with Crippen LogP contribution in [0, 0.1) is 19.8 Å². The summed E-state index contributed by atoms with van der Waals surface area (Å²) in [5, 5.41) is 0. The average Bonchev–Trinajstić information content (AvgIpc) is 2.88. The van der Waals surface area contributed by atoms with Crippen LogP contribution in [0.4, 0.5) is 0 Å². The predicted molar refractivity (Wildman–Crippen MR) is 79.7 cm³/mol. The Morgan fingerprint density at radius 2 is 2.15 bits per heavy atom. The van der Waals surface area contributed by atoms with E-state index in [4.69, 9.17) is 15.2 Å². The second kappa shape index (κ2) is 5.47. The van der Waals surface area contributed by atoms with Gasteiger partial charge in [-0.3, -0.25) is 0 Å². The molecule has 2 fully saturated rings. The molecule has 0 aromatic heterocycles. The lowest BCUT2D eigenvalue weighted by atomic mass is 9.78. The van der Waals surface area contributed by atoms with Gasteiger partial charge in [-0.05, 0) is 43.7 Å². The minimum Gasteiger partial charge on any atom is -0.378 e. The zero-order valence-corrected chi connectivity index (χ0v) is 12.5. The summed E-state index contributed by atoms with van der Waals surface area (Å²) < 4.78 is 11.6. The maximum atomic E-state index is 6.59. The van der Waals surface area contributed by atoms with Gasteiger partial charge in [0.05, 0.1) is 12.2 Å². The molecule has 3 unspecified atom stereocenters. The van der Waals surface area contributed by atoms with Gasteiger partial charge in [0.1, 0.15) is 0 Å². The topological polar surface area (TPSA) is 44.5 Å². The van der Waals surface area contributed by atoms with Crippen molar-refractivity contribution in [2.75, 3.05) is 19.8 Å². The molecule has 1 spiro atoms. The van der Waals surface area contributed by atoms with Crippen LogP contribution >= 0.6 is 0 Å². The summed E-state index contributed by atoms with van der Waals surface area (Å²) in [5.74, 6) is 0.492. The van der Waals surface area contributed by atoms with Crippen molar-refractivity contribution >= 4 is 0 Å². The molecule has 0 aliphatic carbocycles. The summed E-state index contributed by atoms with van der Waals surface area (Å²) in [6.07, 6.45) is 3.10. The van der Waals surface area contributed by atoms with Crippen LogP contribution in [0.1, 0.15) is 42.0 Å². The van der Waals surface area contributed by atoms with E-state index in [1.54, 1.807) is 0 Å². The van der Waals surface area contributed by atoms with Crippen molar-refractivity contribution in [1.82, 2.24) is 0 Å². The number of aryl methyl sites for hydroxylation is 2. The molecule has 2 saturated heterocycles. The third-order valence-corrected chi connectivity index (χ3v) is 4.90. The first kappa shape index (κ1) is 14.1. The molecule has 3 rings (SSSR count). The highest BCUT2D eigenvalue weighted by molar-refractivity contribution is 5.33. The first-order chi connectivity index (χ1) is 9.60.